The van der Waals surface area contributed by atoms with Crippen LogP contribution >= 0.6 is 11.3 Å². The summed E-state index contributed by atoms with van der Waals surface area (Å²) in [5.41, 5.74) is 0.577. The number of carbonyl (C=O) groups is 1. The summed E-state index contributed by atoms with van der Waals surface area (Å²) in [5, 5.41) is 10.6. The molecule has 0 saturated heterocycles. The largest absolute Gasteiger partial charge is 0.457 e. The summed E-state index contributed by atoms with van der Waals surface area (Å²) in [6.45, 7) is 0. The second-order valence-corrected chi connectivity index (χ2v) is 5.52. The summed E-state index contributed by atoms with van der Waals surface area (Å²) in [4.78, 5) is 12.4. The molecule has 3 rings (SSSR count). The SMILES string of the molecule is N#Cc1ccc(Oc2ccc(OC(=O)c3cccs3)cc2)cc1. The minimum absolute atomic E-state index is 0.374. The van der Waals surface area contributed by atoms with Gasteiger partial charge in [0.25, 0.3) is 0 Å². The predicted octanol–water partition coefficient (Wildman–Crippen LogP) is 4.63. The van der Waals surface area contributed by atoms with Crippen LogP contribution in [0.1, 0.15) is 15.2 Å². The highest BCUT2D eigenvalue weighted by atomic mass is 32.1. The Morgan fingerprint density at radius 1 is 0.913 bits per heavy atom. The molecule has 0 aliphatic rings. The van der Waals surface area contributed by atoms with Crippen LogP contribution in [0.25, 0.3) is 0 Å². The maximum absolute atomic E-state index is 11.8. The summed E-state index contributed by atoms with van der Waals surface area (Å²) in [7, 11) is 0. The third-order valence-electron chi connectivity index (χ3n) is 2.98. The molecule has 5 heteroatoms. The lowest BCUT2D eigenvalue weighted by molar-refractivity contribution is 0.0739. The Kier molecular flexibility index (Phi) is 4.37. The van der Waals surface area contributed by atoms with E-state index in [0.29, 0.717) is 27.7 Å². The second-order valence-electron chi connectivity index (χ2n) is 4.58. The molecule has 0 unspecified atom stereocenters. The van der Waals surface area contributed by atoms with Crippen molar-refractivity contribution >= 4 is 17.3 Å². The number of nitriles is 1. The van der Waals surface area contributed by atoms with Crippen molar-refractivity contribution in [2.45, 2.75) is 0 Å². The van der Waals surface area contributed by atoms with Gasteiger partial charge in [-0.05, 0) is 60.0 Å². The van der Waals surface area contributed by atoms with Crippen LogP contribution in [-0.4, -0.2) is 5.97 Å². The fourth-order valence-corrected chi connectivity index (χ4v) is 2.46. The molecule has 1 aromatic heterocycles. The van der Waals surface area contributed by atoms with Crippen LogP contribution in [0.15, 0.2) is 66.0 Å². The van der Waals surface area contributed by atoms with Crippen molar-refractivity contribution in [1.82, 2.24) is 0 Å². The first-order chi connectivity index (χ1) is 11.2. The monoisotopic (exact) mass is 321 g/mol. The number of hydrogen-bond acceptors (Lipinski definition) is 5. The summed E-state index contributed by atoms with van der Waals surface area (Å²) in [5.74, 6) is 1.33. The Morgan fingerprint density at radius 3 is 2.09 bits per heavy atom. The Bertz CT molecular complexity index is 831. The van der Waals surface area contributed by atoms with Crippen molar-refractivity contribution in [3.63, 3.8) is 0 Å². The molecule has 0 fully saturated rings. The van der Waals surface area contributed by atoms with E-state index in [1.54, 1.807) is 60.7 Å². The molecular formula is C18H11NO3S. The van der Waals surface area contributed by atoms with Gasteiger partial charge in [-0.1, -0.05) is 6.07 Å². The van der Waals surface area contributed by atoms with Gasteiger partial charge < -0.3 is 9.47 Å². The molecular weight excluding hydrogens is 310 g/mol. The molecule has 112 valence electrons. The number of benzene rings is 2. The number of ether oxygens (including phenoxy) is 2. The van der Waals surface area contributed by atoms with E-state index in [0.717, 1.165) is 0 Å². The Balaban J connectivity index is 1.64. The summed E-state index contributed by atoms with van der Waals surface area (Å²) in [6.07, 6.45) is 0. The van der Waals surface area contributed by atoms with Crippen LogP contribution in [0.3, 0.4) is 0 Å². The zero-order valence-corrected chi connectivity index (χ0v) is 12.7. The van der Waals surface area contributed by atoms with Gasteiger partial charge in [0.05, 0.1) is 11.6 Å². The van der Waals surface area contributed by atoms with E-state index in [2.05, 4.69) is 6.07 Å². The number of esters is 1. The van der Waals surface area contributed by atoms with Crippen LogP contribution < -0.4 is 9.47 Å². The van der Waals surface area contributed by atoms with Gasteiger partial charge in [-0.15, -0.1) is 11.3 Å². The number of thiophene rings is 1. The van der Waals surface area contributed by atoms with Crippen LogP contribution in [0.5, 0.6) is 17.2 Å². The average Bonchev–Trinajstić information content (AvgIpc) is 3.12. The van der Waals surface area contributed by atoms with Gasteiger partial charge in [0.2, 0.25) is 0 Å². The Hall–Kier alpha value is -3.10. The lowest BCUT2D eigenvalue weighted by atomic mass is 10.2. The smallest absolute Gasteiger partial charge is 0.353 e. The van der Waals surface area contributed by atoms with Crippen LogP contribution in [0.2, 0.25) is 0 Å². The normalized spacial score (nSPS) is 9.87. The fraction of sp³-hybridized carbons (Fsp3) is 0. The summed E-state index contributed by atoms with van der Waals surface area (Å²) < 4.78 is 10.9. The molecule has 2 aromatic carbocycles. The van der Waals surface area contributed by atoms with Gasteiger partial charge in [0, 0.05) is 0 Å². The molecule has 0 atom stereocenters. The molecule has 0 amide bonds. The number of nitrogens with zero attached hydrogens (tertiary/aromatic N) is 1. The van der Waals surface area contributed by atoms with E-state index in [-0.39, 0.29) is 5.97 Å². The first kappa shape index (κ1) is 14.8. The fourth-order valence-electron chi connectivity index (χ4n) is 1.86. The zero-order valence-electron chi connectivity index (χ0n) is 11.9. The number of carbonyl (C=O) groups excluding carboxylic acids is 1. The van der Waals surface area contributed by atoms with Gasteiger partial charge in [-0.3, -0.25) is 0 Å². The number of rotatable bonds is 4. The molecule has 0 aliphatic heterocycles. The van der Waals surface area contributed by atoms with Crippen molar-refractivity contribution in [1.29, 1.82) is 5.26 Å². The van der Waals surface area contributed by atoms with Gasteiger partial charge in [0.1, 0.15) is 22.1 Å². The minimum atomic E-state index is -0.374. The van der Waals surface area contributed by atoms with E-state index in [4.69, 9.17) is 14.7 Å². The third kappa shape index (κ3) is 3.76. The van der Waals surface area contributed by atoms with Gasteiger partial charge in [-0.2, -0.15) is 5.26 Å². The van der Waals surface area contributed by atoms with E-state index in [1.165, 1.54) is 11.3 Å². The van der Waals surface area contributed by atoms with Crippen molar-refractivity contribution in [3.8, 4) is 23.3 Å². The molecule has 0 spiro atoms. The van der Waals surface area contributed by atoms with Gasteiger partial charge in [0.15, 0.2) is 0 Å². The molecule has 3 aromatic rings. The first-order valence-electron chi connectivity index (χ1n) is 6.78. The second kappa shape index (κ2) is 6.77. The van der Waals surface area contributed by atoms with Crippen molar-refractivity contribution in [2.75, 3.05) is 0 Å². The summed E-state index contributed by atoms with van der Waals surface area (Å²) >= 11 is 1.34. The predicted molar refractivity (Wildman–Crippen MR) is 87.0 cm³/mol. The highest BCUT2D eigenvalue weighted by Crippen LogP contribution is 2.24. The minimum Gasteiger partial charge on any atom is -0.457 e. The first-order valence-corrected chi connectivity index (χ1v) is 7.66. The lowest BCUT2D eigenvalue weighted by Crippen LogP contribution is -2.05. The van der Waals surface area contributed by atoms with Crippen LogP contribution in [0.4, 0.5) is 0 Å². The highest BCUT2D eigenvalue weighted by molar-refractivity contribution is 7.12. The Morgan fingerprint density at radius 2 is 1.52 bits per heavy atom. The Labute approximate surface area is 137 Å². The van der Waals surface area contributed by atoms with Gasteiger partial charge >= 0.3 is 5.97 Å². The van der Waals surface area contributed by atoms with Crippen molar-refractivity contribution in [2.24, 2.45) is 0 Å². The molecule has 4 nitrogen and oxygen atoms in total. The van der Waals surface area contributed by atoms with E-state index in [9.17, 15) is 4.79 Å². The quantitative estimate of drug-likeness (QED) is 0.519. The topological polar surface area (TPSA) is 59.3 Å². The molecule has 1 heterocycles. The van der Waals surface area contributed by atoms with E-state index in [1.807, 2.05) is 5.38 Å². The van der Waals surface area contributed by atoms with Crippen molar-refractivity contribution in [3.05, 3.63) is 76.5 Å². The van der Waals surface area contributed by atoms with E-state index < -0.39 is 0 Å². The molecule has 0 radical (unpaired) electrons. The molecule has 23 heavy (non-hydrogen) atoms. The van der Waals surface area contributed by atoms with Crippen LogP contribution in [-0.2, 0) is 0 Å². The van der Waals surface area contributed by atoms with Crippen LogP contribution in [0, 0.1) is 11.3 Å². The molecule has 0 saturated carbocycles. The third-order valence-corrected chi connectivity index (χ3v) is 3.83. The van der Waals surface area contributed by atoms with E-state index >= 15 is 0 Å². The molecule has 0 aliphatic carbocycles. The number of hydrogen-bond donors (Lipinski definition) is 0. The molecule has 0 N–H and O–H groups in total. The standard InChI is InChI=1S/C18H11NO3S/c19-12-13-3-5-14(6-4-13)21-15-7-9-16(10-8-15)22-18(20)17-2-1-11-23-17/h1-11H. The van der Waals surface area contributed by atoms with Gasteiger partial charge in [-0.25, -0.2) is 4.79 Å². The maximum atomic E-state index is 11.8. The zero-order chi connectivity index (χ0) is 16.1. The van der Waals surface area contributed by atoms with Crippen molar-refractivity contribution < 1.29 is 14.3 Å². The molecule has 0 bridgehead atoms. The summed E-state index contributed by atoms with van der Waals surface area (Å²) in [6, 6.07) is 19.2. The average molecular weight is 321 g/mol. The maximum Gasteiger partial charge on any atom is 0.353 e. The lowest BCUT2D eigenvalue weighted by Gasteiger charge is -2.07. The highest BCUT2D eigenvalue weighted by Gasteiger charge is 2.09.